The number of quaternary nitrogens is 1. The van der Waals surface area contributed by atoms with Crippen molar-refractivity contribution in [3.8, 4) is 5.75 Å². The minimum atomic E-state index is 0.566. The molecule has 1 unspecified atom stereocenters. The van der Waals surface area contributed by atoms with E-state index in [1.54, 1.807) is 13.3 Å². The molecule has 0 saturated carbocycles. The van der Waals surface area contributed by atoms with Gasteiger partial charge < -0.3 is 4.74 Å². The van der Waals surface area contributed by atoms with Crippen molar-refractivity contribution in [2.75, 3.05) is 25.8 Å². The predicted molar refractivity (Wildman–Crippen MR) is 102 cm³/mol. The number of nitrogens with zero attached hydrogens (tertiary/aromatic N) is 3. The highest BCUT2D eigenvalue weighted by Crippen LogP contribution is 2.22. The Morgan fingerprint density at radius 2 is 2.22 bits per heavy atom. The highest BCUT2D eigenvalue weighted by atomic mass is 16.5. The molecule has 0 amide bonds. The molecule has 8 nitrogen and oxygen atoms in total. The summed E-state index contributed by atoms with van der Waals surface area (Å²) in [6.07, 6.45) is 3.70. The molecule has 1 aromatic carbocycles. The van der Waals surface area contributed by atoms with Gasteiger partial charge in [0.25, 0.3) is 5.95 Å². The molecular weight excluding hydrogens is 342 g/mol. The van der Waals surface area contributed by atoms with Crippen LogP contribution in [-0.4, -0.2) is 41.4 Å². The second-order valence-corrected chi connectivity index (χ2v) is 6.51. The maximum Gasteiger partial charge on any atom is 0.359 e. The quantitative estimate of drug-likeness (QED) is 0.464. The number of anilines is 1. The van der Waals surface area contributed by atoms with E-state index >= 15 is 0 Å². The molecule has 1 aliphatic heterocycles. The fraction of sp³-hybridized carbons (Fsp3) is 0.263. The first-order valence-electron chi connectivity index (χ1n) is 8.88. The number of pyridine rings is 1. The first kappa shape index (κ1) is 17.2. The van der Waals surface area contributed by atoms with Crippen LogP contribution in [0.25, 0.3) is 10.9 Å². The van der Waals surface area contributed by atoms with Crippen molar-refractivity contribution >= 4 is 22.8 Å². The third-order valence-electron chi connectivity index (χ3n) is 4.54. The van der Waals surface area contributed by atoms with E-state index in [2.05, 4.69) is 36.6 Å². The highest BCUT2D eigenvalue weighted by Gasteiger charge is 2.21. The van der Waals surface area contributed by atoms with Crippen LogP contribution in [0.5, 0.6) is 5.75 Å². The van der Waals surface area contributed by atoms with E-state index in [4.69, 9.17) is 4.74 Å². The third-order valence-corrected chi connectivity index (χ3v) is 4.54. The summed E-state index contributed by atoms with van der Waals surface area (Å²) in [4.78, 5) is 18.1. The Bertz CT molecular complexity index is 974. The molecule has 3 aromatic rings. The van der Waals surface area contributed by atoms with Crippen LogP contribution < -0.4 is 25.3 Å². The molecule has 4 N–H and O–H groups in total. The first-order chi connectivity index (χ1) is 13.2. The molecule has 3 heterocycles. The molecule has 8 heteroatoms. The fourth-order valence-electron chi connectivity index (χ4n) is 3.11. The van der Waals surface area contributed by atoms with Gasteiger partial charge in [0.15, 0.2) is 13.3 Å². The van der Waals surface area contributed by atoms with E-state index in [9.17, 15) is 0 Å². The van der Waals surface area contributed by atoms with Crippen LogP contribution in [0.3, 0.4) is 0 Å². The van der Waals surface area contributed by atoms with E-state index in [0.29, 0.717) is 5.95 Å². The van der Waals surface area contributed by atoms with E-state index in [1.165, 1.54) is 10.5 Å². The lowest BCUT2D eigenvalue weighted by molar-refractivity contribution is -0.991. The zero-order chi connectivity index (χ0) is 18.6. The molecule has 4 rings (SSSR count). The smallest absolute Gasteiger partial charge is 0.359 e. The second-order valence-electron chi connectivity index (χ2n) is 6.51. The molecule has 0 spiro atoms. The number of hydrogen-bond acceptors (Lipinski definition) is 6. The standard InChI is InChI=1S/C19H21N7O/c1-13-16-8-15(27-2)5-6-17(16)24-19(23-13)25-18-21-11-26(12-22-18)10-14-4-3-7-20-9-14/h3-9H,10-12H2,1-2H3,(H2,21,22,23,24,25)/p+2. The van der Waals surface area contributed by atoms with Gasteiger partial charge in [0.05, 0.1) is 18.3 Å². The number of benzene rings is 1. The van der Waals surface area contributed by atoms with Gasteiger partial charge in [-0.2, -0.15) is 4.98 Å². The monoisotopic (exact) mass is 365 g/mol. The van der Waals surface area contributed by atoms with Gasteiger partial charge in [-0.05, 0) is 31.2 Å². The Morgan fingerprint density at radius 1 is 1.30 bits per heavy atom. The molecule has 0 radical (unpaired) electrons. The van der Waals surface area contributed by atoms with Crippen molar-refractivity contribution in [2.24, 2.45) is 0 Å². The summed E-state index contributed by atoms with van der Waals surface area (Å²) in [5, 5.41) is 7.59. The zero-order valence-electron chi connectivity index (χ0n) is 15.4. The molecule has 138 valence electrons. The van der Waals surface area contributed by atoms with E-state index < -0.39 is 0 Å². The summed E-state index contributed by atoms with van der Waals surface area (Å²) in [6, 6.07) is 9.87. The summed E-state index contributed by atoms with van der Waals surface area (Å²) < 4.78 is 5.28. The maximum atomic E-state index is 5.28. The van der Waals surface area contributed by atoms with Crippen LogP contribution in [0.1, 0.15) is 11.3 Å². The van der Waals surface area contributed by atoms with Crippen molar-refractivity contribution in [1.29, 1.82) is 0 Å². The fourth-order valence-corrected chi connectivity index (χ4v) is 3.11. The van der Waals surface area contributed by atoms with Crippen LogP contribution in [-0.2, 0) is 6.54 Å². The van der Waals surface area contributed by atoms with Gasteiger partial charge in [0, 0.05) is 23.3 Å². The number of rotatable bonds is 4. The SMILES string of the molecule is COc1ccc2nc(NC3=[NH+]C[NH+](Cc4cccnc4)CN3)nc(C)c2c1. The number of guanidine groups is 1. The molecule has 0 aliphatic carbocycles. The first-order valence-corrected chi connectivity index (χ1v) is 8.88. The van der Waals surface area contributed by atoms with Crippen LogP contribution in [0, 0.1) is 6.92 Å². The summed E-state index contributed by atoms with van der Waals surface area (Å²) in [7, 11) is 1.66. The largest absolute Gasteiger partial charge is 0.497 e. The van der Waals surface area contributed by atoms with Crippen LogP contribution in [0.4, 0.5) is 5.95 Å². The number of nitrogens with one attached hydrogen (secondary N) is 4. The summed E-state index contributed by atoms with van der Waals surface area (Å²) in [5.74, 6) is 2.18. The lowest BCUT2D eigenvalue weighted by Gasteiger charge is -2.20. The molecule has 0 fully saturated rings. The Morgan fingerprint density at radius 3 is 2.96 bits per heavy atom. The minimum absolute atomic E-state index is 0.566. The summed E-state index contributed by atoms with van der Waals surface area (Å²) >= 11 is 0. The lowest BCUT2D eigenvalue weighted by atomic mass is 10.2. The number of fused-ring (bicyclic) bond motifs is 1. The van der Waals surface area contributed by atoms with Crippen molar-refractivity contribution in [3.63, 3.8) is 0 Å². The Kier molecular flexibility index (Phi) is 4.80. The Labute approximate surface area is 157 Å². The predicted octanol–water partition coefficient (Wildman–Crippen LogP) is -1.21. The van der Waals surface area contributed by atoms with Crippen molar-refractivity contribution in [1.82, 2.24) is 20.3 Å². The minimum Gasteiger partial charge on any atom is -0.497 e. The molecule has 2 aromatic heterocycles. The van der Waals surface area contributed by atoms with Gasteiger partial charge in [-0.1, -0.05) is 6.07 Å². The van der Waals surface area contributed by atoms with E-state index in [1.807, 2.05) is 37.4 Å². The molecule has 0 bridgehead atoms. The summed E-state index contributed by atoms with van der Waals surface area (Å²) in [5.41, 5.74) is 3.00. The number of aromatic nitrogens is 3. The molecule has 0 saturated heterocycles. The maximum absolute atomic E-state index is 5.28. The van der Waals surface area contributed by atoms with E-state index in [0.717, 1.165) is 48.2 Å². The zero-order valence-corrected chi connectivity index (χ0v) is 15.4. The topological polar surface area (TPSA) is 90.4 Å². The van der Waals surface area contributed by atoms with Gasteiger partial charge in [-0.15, -0.1) is 0 Å². The number of aryl methyl sites for hydroxylation is 1. The van der Waals surface area contributed by atoms with Crippen LogP contribution in [0.15, 0.2) is 42.7 Å². The number of hydrogen-bond donors (Lipinski definition) is 4. The normalized spacial score (nSPS) is 16.5. The lowest BCUT2D eigenvalue weighted by Crippen LogP contribution is -3.23. The van der Waals surface area contributed by atoms with Crippen molar-refractivity contribution < 1.29 is 14.6 Å². The highest BCUT2D eigenvalue weighted by molar-refractivity contribution is 5.89. The van der Waals surface area contributed by atoms with Crippen molar-refractivity contribution in [2.45, 2.75) is 13.5 Å². The van der Waals surface area contributed by atoms with Crippen LogP contribution >= 0.6 is 0 Å². The van der Waals surface area contributed by atoms with Gasteiger partial charge in [-0.25, -0.2) is 20.6 Å². The summed E-state index contributed by atoms with van der Waals surface area (Å²) in [6.45, 7) is 4.48. The Hall–Kier alpha value is -3.26. The third kappa shape index (κ3) is 3.95. The number of ether oxygens (including phenoxy) is 1. The number of methoxy groups -OCH3 is 1. The van der Waals surface area contributed by atoms with E-state index in [-0.39, 0.29) is 0 Å². The molecule has 1 atom stereocenters. The Balaban J connectivity index is 1.45. The average molecular weight is 365 g/mol. The van der Waals surface area contributed by atoms with Gasteiger partial charge >= 0.3 is 5.96 Å². The van der Waals surface area contributed by atoms with Gasteiger partial charge in [0.2, 0.25) is 0 Å². The second kappa shape index (κ2) is 7.55. The molecular formula is C19H23N7O+2. The van der Waals surface area contributed by atoms with Crippen LogP contribution in [0.2, 0.25) is 0 Å². The van der Waals surface area contributed by atoms with Gasteiger partial charge in [-0.3, -0.25) is 9.88 Å². The van der Waals surface area contributed by atoms with Crippen molar-refractivity contribution in [3.05, 3.63) is 54.0 Å². The van der Waals surface area contributed by atoms with Gasteiger partial charge in [0.1, 0.15) is 12.3 Å². The average Bonchev–Trinajstić information content (AvgIpc) is 2.70. The molecule has 1 aliphatic rings. The molecule has 27 heavy (non-hydrogen) atoms.